The maximum Gasteiger partial charge on any atom is 0.266 e. The zero-order chi connectivity index (χ0) is 32.1. The second kappa shape index (κ2) is 15.4. The standard InChI is InChI=1S/C36H48N6O4.ClH/c1-4-19-45-33-20-26(29-22-38-39-23-29)10-11-27(33)25-42(30-12-13-30)34(43)28-7-6-16-41(24-28)31-8-5-9-32(21-31)46-36(2,3)35(44)40-17-14-37-15-18-40;/h5,8-11,20-23,28,30,37H,4,6-7,12-19,24-25H2,1-3H3,(H,38,39);1H. The number of anilines is 1. The number of hydrogen-bond donors (Lipinski definition) is 2. The number of H-pyrrole nitrogens is 1. The van der Waals surface area contributed by atoms with E-state index in [0.29, 0.717) is 38.5 Å². The summed E-state index contributed by atoms with van der Waals surface area (Å²) in [6, 6.07) is 14.5. The Morgan fingerprint density at radius 1 is 1.04 bits per heavy atom. The van der Waals surface area contributed by atoms with Crippen molar-refractivity contribution in [1.82, 2.24) is 25.3 Å². The lowest BCUT2D eigenvalue weighted by Crippen LogP contribution is -2.54. The molecular formula is C36H49ClN6O4. The van der Waals surface area contributed by atoms with Crippen LogP contribution in [0.1, 0.15) is 58.4 Å². The summed E-state index contributed by atoms with van der Waals surface area (Å²) in [5, 5.41) is 10.3. The van der Waals surface area contributed by atoms with Gasteiger partial charge in [-0.05, 0) is 69.7 Å². The van der Waals surface area contributed by atoms with Crippen molar-refractivity contribution in [2.75, 3.05) is 50.8 Å². The molecule has 1 saturated carbocycles. The Morgan fingerprint density at radius 3 is 2.57 bits per heavy atom. The minimum absolute atomic E-state index is 0. The molecule has 3 fully saturated rings. The minimum Gasteiger partial charge on any atom is -0.493 e. The molecule has 0 spiro atoms. The number of rotatable bonds is 12. The highest BCUT2D eigenvalue weighted by atomic mass is 35.5. The average Bonchev–Trinajstić information content (AvgIpc) is 3.78. The number of benzene rings is 2. The summed E-state index contributed by atoms with van der Waals surface area (Å²) in [5.41, 5.74) is 3.13. The highest BCUT2D eigenvalue weighted by molar-refractivity contribution is 5.85. The van der Waals surface area contributed by atoms with E-state index in [-0.39, 0.29) is 36.2 Å². The molecule has 2 saturated heterocycles. The summed E-state index contributed by atoms with van der Waals surface area (Å²) in [6.45, 7) is 11.5. The van der Waals surface area contributed by atoms with Crippen molar-refractivity contribution in [3.63, 3.8) is 0 Å². The zero-order valence-electron chi connectivity index (χ0n) is 27.9. The molecule has 10 nitrogen and oxygen atoms in total. The van der Waals surface area contributed by atoms with Gasteiger partial charge in [-0.1, -0.05) is 25.1 Å². The zero-order valence-corrected chi connectivity index (χ0v) is 28.7. The second-order valence-electron chi connectivity index (χ2n) is 13.3. The first-order valence-electron chi connectivity index (χ1n) is 16.9. The van der Waals surface area contributed by atoms with E-state index < -0.39 is 5.60 Å². The average molecular weight is 665 g/mol. The molecule has 2 amide bonds. The first-order valence-corrected chi connectivity index (χ1v) is 16.9. The molecular weight excluding hydrogens is 616 g/mol. The molecule has 1 unspecified atom stereocenters. The van der Waals surface area contributed by atoms with Gasteiger partial charge in [0.1, 0.15) is 11.5 Å². The summed E-state index contributed by atoms with van der Waals surface area (Å²) in [5.74, 6) is 1.64. The first-order chi connectivity index (χ1) is 22.3. The highest BCUT2D eigenvalue weighted by Crippen LogP contribution is 2.36. The lowest BCUT2D eigenvalue weighted by Gasteiger charge is -2.37. The third-order valence-corrected chi connectivity index (χ3v) is 9.22. The van der Waals surface area contributed by atoms with Gasteiger partial charge < -0.3 is 29.5 Å². The molecule has 2 aromatic carbocycles. The number of piperidine rings is 1. The summed E-state index contributed by atoms with van der Waals surface area (Å²) in [7, 11) is 0. The van der Waals surface area contributed by atoms with E-state index in [1.807, 2.05) is 49.3 Å². The first kappa shape index (κ1) is 34.6. The highest BCUT2D eigenvalue weighted by Gasteiger charge is 2.38. The predicted octanol–water partition coefficient (Wildman–Crippen LogP) is 5.28. The van der Waals surface area contributed by atoms with Crippen LogP contribution in [0.2, 0.25) is 0 Å². The summed E-state index contributed by atoms with van der Waals surface area (Å²) in [4.78, 5) is 33.7. The number of carbonyl (C=O) groups is 2. The van der Waals surface area contributed by atoms with Gasteiger partial charge in [0.15, 0.2) is 5.60 Å². The molecule has 3 heterocycles. The third kappa shape index (κ3) is 8.40. The third-order valence-electron chi connectivity index (χ3n) is 9.22. The van der Waals surface area contributed by atoms with Crippen molar-refractivity contribution in [1.29, 1.82) is 0 Å². The van der Waals surface area contributed by atoms with Crippen LogP contribution in [0.25, 0.3) is 11.1 Å². The van der Waals surface area contributed by atoms with Crippen molar-refractivity contribution in [3.8, 4) is 22.6 Å². The van der Waals surface area contributed by atoms with Gasteiger partial charge in [0.2, 0.25) is 5.91 Å². The maximum atomic E-state index is 14.2. The molecule has 1 aromatic heterocycles. The van der Waals surface area contributed by atoms with E-state index in [1.165, 1.54) is 0 Å². The van der Waals surface area contributed by atoms with E-state index in [1.54, 1.807) is 0 Å². The van der Waals surface area contributed by atoms with Crippen LogP contribution in [0, 0.1) is 5.92 Å². The number of carbonyl (C=O) groups excluding carboxylic acids is 2. The predicted molar refractivity (Wildman–Crippen MR) is 186 cm³/mol. The molecule has 3 aliphatic rings. The van der Waals surface area contributed by atoms with Gasteiger partial charge in [0.05, 0.1) is 18.7 Å². The van der Waals surface area contributed by atoms with E-state index in [2.05, 4.69) is 56.5 Å². The lowest BCUT2D eigenvalue weighted by atomic mass is 9.95. The van der Waals surface area contributed by atoms with Crippen molar-refractivity contribution >= 4 is 29.9 Å². The number of aromatic amines is 1. The summed E-state index contributed by atoms with van der Waals surface area (Å²) < 4.78 is 12.5. The topological polar surface area (TPSA) is 103 Å². The molecule has 0 bridgehead atoms. The van der Waals surface area contributed by atoms with Gasteiger partial charge in [0.25, 0.3) is 5.91 Å². The van der Waals surface area contributed by atoms with Crippen molar-refractivity contribution in [2.24, 2.45) is 5.92 Å². The Morgan fingerprint density at radius 2 is 1.85 bits per heavy atom. The van der Waals surface area contributed by atoms with Crippen molar-refractivity contribution in [3.05, 3.63) is 60.4 Å². The SMILES string of the molecule is CCCOc1cc(-c2cn[nH]c2)ccc1CN(C(=O)C1CCCN(c2cccc(OC(C)(C)C(=O)N3CCNCC3)c2)C1)C1CC1.Cl. The quantitative estimate of drug-likeness (QED) is 0.272. The second-order valence-corrected chi connectivity index (χ2v) is 13.3. The Hall–Kier alpha value is -3.76. The molecule has 2 aliphatic heterocycles. The maximum absolute atomic E-state index is 14.2. The molecule has 1 aliphatic carbocycles. The fourth-order valence-corrected chi connectivity index (χ4v) is 6.55. The van der Waals surface area contributed by atoms with Gasteiger partial charge in [-0.25, -0.2) is 0 Å². The number of ether oxygens (including phenoxy) is 2. The normalized spacial score (nSPS) is 18.3. The number of halogens is 1. The van der Waals surface area contributed by atoms with Crippen LogP contribution in [-0.4, -0.2) is 89.3 Å². The number of nitrogens with one attached hydrogen (secondary N) is 2. The monoisotopic (exact) mass is 664 g/mol. The van der Waals surface area contributed by atoms with Crippen LogP contribution in [0.3, 0.4) is 0 Å². The van der Waals surface area contributed by atoms with Gasteiger partial charge in [-0.3, -0.25) is 14.7 Å². The molecule has 47 heavy (non-hydrogen) atoms. The van der Waals surface area contributed by atoms with Crippen LogP contribution in [0.15, 0.2) is 54.9 Å². The summed E-state index contributed by atoms with van der Waals surface area (Å²) >= 11 is 0. The van der Waals surface area contributed by atoms with Crippen LogP contribution in [-0.2, 0) is 16.1 Å². The molecule has 6 rings (SSSR count). The number of nitrogens with zero attached hydrogens (tertiary/aromatic N) is 4. The number of piperazine rings is 1. The molecule has 3 aromatic rings. The van der Waals surface area contributed by atoms with Gasteiger partial charge in [0, 0.05) is 80.9 Å². The largest absolute Gasteiger partial charge is 0.493 e. The number of amides is 2. The van der Waals surface area contributed by atoms with Crippen LogP contribution >= 0.6 is 12.4 Å². The van der Waals surface area contributed by atoms with Crippen molar-refractivity contribution in [2.45, 2.75) is 71.1 Å². The number of aromatic nitrogens is 2. The molecule has 254 valence electrons. The summed E-state index contributed by atoms with van der Waals surface area (Å²) in [6.07, 6.45) is 8.50. The number of hydrogen-bond acceptors (Lipinski definition) is 7. The van der Waals surface area contributed by atoms with Crippen LogP contribution in [0.5, 0.6) is 11.5 Å². The van der Waals surface area contributed by atoms with Gasteiger partial charge >= 0.3 is 0 Å². The molecule has 2 N–H and O–H groups in total. The van der Waals surface area contributed by atoms with E-state index in [9.17, 15) is 9.59 Å². The van der Waals surface area contributed by atoms with Crippen molar-refractivity contribution < 1.29 is 19.1 Å². The Labute approximate surface area is 284 Å². The Kier molecular flexibility index (Phi) is 11.3. The molecule has 1 atom stereocenters. The Bertz CT molecular complexity index is 1490. The van der Waals surface area contributed by atoms with E-state index in [4.69, 9.17) is 9.47 Å². The molecule has 0 radical (unpaired) electrons. The Balaban J connectivity index is 0.00000433. The molecule has 11 heteroatoms. The minimum atomic E-state index is -0.975. The fraction of sp³-hybridized carbons (Fsp3) is 0.528. The van der Waals surface area contributed by atoms with Crippen LogP contribution in [0.4, 0.5) is 5.69 Å². The van der Waals surface area contributed by atoms with E-state index in [0.717, 1.165) is 79.9 Å². The smallest absolute Gasteiger partial charge is 0.266 e. The fourth-order valence-electron chi connectivity index (χ4n) is 6.55. The van der Waals surface area contributed by atoms with Gasteiger partial charge in [-0.15, -0.1) is 12.4 Å². The van der Waals surface area contributed by atoms with Gasteiger partial charge in [-0.2, -0.15) is 5.10 Å². The van der Waals surface area contributed by atoms with Crippen LogP contribution < -0.4 is 19.7 Å². The lowest BCUT2D eigenvalue weighted by molar-refractivity contribution is -0.146. The van der Waals surface area contributed by atoms with E-state index >= 15 is 0 Å².